The second-order valence-corrected chi connectivity index (χ2v) is 7.36. The number of carbonyl (C=O) groups is 1. The van der Waals surface area contributed by atoms with Crippen molar-refractivity contribution in [3.05, 3.63) is 52.2 Å². The number of rotatable bonds is 8. The Labute approximate surface area is 174 Å². The molecule has 10 heteroatoms. The quantitative estimate of drug-likeness (QED) is 0.337. The second-order valence-electron chi connectivity index (χ2n) is 7.36. The summed E-state index contributed by atoms with van der Waals surface area (Å²) in [5, 5.41) is 17.4. The number of aromatic nitrogens is 2. The van der Waals surface area contributed by atoms with Gasteiger partial charge in [0.1, 0.15) is 6.20 Å². The highest BCUT2D eigenvalue weighted by Crippen LogP contribution is 2.27. The van der Waals surface area contributed by atoms with Crippen LogP contribution in [0.4, 0.5) is 17.5 Å². The lowest BCUT2D eigenvalue weighted by atomic mass is 9.86. The van der Waals surface area contributed by atoms with Gasteiger partial charge in [0.25, 0.3) is 0 Å². The molecular formula is C20H26N6O4. The van der Waals surface area contributed by atoms with Gasteiger partial charge in [0.05, 0.1) is 12.0 Å². The smallest absolute Gasteiger partial charge is 0.333 e. The predicted octanol–water partition coefficient (Wildman–Crippen LogP) is 2.64. The number of nitrogens with zero attached hydrogens (tertiary/aromatic N) is 3. The van der Waals surface area contributed by atoms with Crippen molar-refractivity contribution < 1.29 is 14.5 Å². The van der Waals surface area contributed by atoms with Crippen molar-refractivity contribution >= 4 is 23.4 Å². The number of hydrogen-bond acceptors (Lipinski definition) is 9. The minimum atomic E-state index is -0.842. The zero-order valence-corrected chi connectivity index (χ0v) is 16.8. The summed E-state index contributed by atoms with van der Waals surface area (Å²) in [4.78, 5) is 31.4. The molecule has 0 amide bonds. The van der Waals surface area contributed by atoms with E-state index in [4.69, 9.17) is 10.5 Å². The fourth-order valence-electron chi connectivity index (χ4n) is 3.51. The van der Waals surface area contributed by atoms with Crippen molar-refractivity contribution in [3.63, 3.8) is 0 Å². The molecular weight excluding hydrogens is 388 g/mol. The monoisotopic (exact) mass is 414 g/mol. The maximum Gasteiger partial charge on any atom is 0.333 e. The van der Waals surface area contributed by atoms with E-state index in [9.17, 15) is 14.9 Å². The Balaban J connectivity index is 1.78. The molecule has 1 aromatic heterocycles. The lowest BCUT2D eigenvalue weighted by Gasteiger charge is -2.26. The van der Waals surface area contributed by atoms with Gasteiger partial charge in [-0.25, -0.2) is 9.78 Å². The Kier molecular flexibility index (Phi) is 7.12. The van der Waals surface area contributed by atoms with Gasteiger partial charge in [0.15, 0.2) is 6.04 Å². The molecule has 1 aromatic carbocycles. The van der Waals surface area contributed by atoms with E-state index in [2.05, 4.69) is 20.6 Å². The van der Waals surface area contributed by atoms with E-state index in [1.54, 1.807) is 24.3 Å². The largest absolute Gasteiger partial charge is 0.467 e. The molecule has 10 nitrogen and oxygen atoms in total. The van der Waals surface area contributed by atoms with Gasteiger partial charge in [-0.05, 0) is 37.2 Å². The Morgan fingerprint density at radius 3 is 2.63 bits per heavy atom. The number of anilines is 2. The molecule has 0 radical (unpaired) electrons. The Bertz CT molecular complexity index is 871. The van der Waals surface area contributed by atoms with Crippen LogP contribution in [0.2, 0.25) is 0 Å². The number of benzene rings is 1. The van der Waals surface area contributed by atoms with Crippen molar-refractivity contribution in [2.75, 3.05) is 24.3 Å². The van der Waals surface area contributed by atoms with Crippen LogP contribution in [-0.2, 0) is 9.53 Å². The maximum atomic E-state index is 12.3. The van der Waals surface area contributed by atoms with Crippen LogP contribution in [0.25, 0.3) is 0 Å². The summed E-state index contributed by atoms with van der Waals surface area (Å²) >= 11 is 0. The normalized spacial score (nSPS) is 19.5. The van der Waals surface area contributed by atoms with Crippen molar-refractivity contribution in [1.29, 1.82) is 0 Å². The van der Waals surface area contributed by atoms with Crippen molar-refractivity contribution in [3.8, 4) is 0 Å². The molecule has 2 aromatic rings. The molecule has 0 bridgehead atoms. The molecule has 160 valence electrons. The number of ether oxygens (including phenoxy) is 1. The summed E-state index contributed by atoms with van der Waals surface area (Å²) in [5.41, 5.74) is 6.39. The lowest BCUT2D eigenvalue weighted by Crippen LogP contribution is -2.29. The van der Waals surface area contributed by atoms with Gasteiger partial charge in [0, 0.05) is 12.6 Å². The van der Waals surface area contributed by atoms with Gasteiger partial charge < -0.3 is 21.1 Å². The van der Waals surface area contributed by atoms with Crippen LogP contribution in [-0.4, -0.2) is 40.6 Å². The van der Waals surface area contributed by atoms with Gasteiger partial charge in [-0.15, -0.1) is 0 Å². The van der Waals surface area contributed by atoms with Crippen molar-refractivity contribution in [2.45, 2.75) is 37.8 Å². The van der Waals surface area contributed by atoms with Crippen molar-refractivity contribution in [2.24, 2.45) is 11.7 Å². The molecule has 3 rings (SSSR count). The number of methoxy groups -OCH3 is 1. The molecule has 0 saturated heterocycles. The van der Waals surface area contributed by atoms with Crippen LogP contribution >= 0.6 is 0 Å². The third kappa shape index (κ3) is 5.41. The fourth-order valence-corrected chi connectivity index (χ4v) is 3.51. The number of nitrogens with two attached hydrogens (primary N) is 1. The summed E-state index contributed by atoms with van der Waals surface area (Å²) in [6.07, 6.45) is 4.97. The molecule has 1 atom stereocenters. The fraction of sp³-hybridized carbons (Fsp3) is 0.450. The number of hydrogen-bond donors (Lipinski definition) is 3. The third-order valence-electron chi connectivity index (χ3n) is 5.26. The third-order valence-corrected chi connectivity index (χ3v) is 5.26. The molecule has 30 heavy (non-hydrogen) atoms. The molecule has 0 aliphatic heterocycles. The zero-order valence-electron chi connectivity index (χ0n) is 16.8. The Hall–Kier alpha value is -3.27. The molecule has 1 aliphatic carbocycles. The van der Waals surface area contributed by atoms with Crippen LogP contribution in [0, 0.1) is 16.0 Å². The van der Waals surface area contributed by atoms with Gasteiger partial charge in [-0.3, -0.25) is 10.1 Å². The van der Waals surface area contributed by atoms with Gasteiger partial charge in [-0.1, -0.05) is 30.3 Å². The SMILES string of the molecule is COC(=O)[C@H](Nc1ncc([N+](=O)[O-])c(NC[C@H]2CC[C@H](N)CC2)n1)c1ccccc1. The number of esters is 1. The average molecular weight is 414 g/mol. The second kappa shape index (κ2) is 9.97. The average Bonchev–Trinajstić information content (AvgIpc) is 2.77. The molecule has 1 heterocycles. The summed E-state index contributed by atoms with van der Waals surface area (Å²) in [6, 6.07) is 8.36. The van der Waals surface area contributed by atoms with E-state index in [0.29, 0.717) is 18.0 Å². The van der Waals surface area contributed by atoms with Crippen LogP contribution in [0.15, 0.2) is 36.5 Å². The molecule has 1 saturated carbocycles. The van der Waals surface area contributed by atoms with E-state index < -0.39 is 16.9 Å². The van der Waals surface area contributed by atoms with E-state index in [1.807, 2.05) is 6.07 Å². The highest BCUT2D eigenvalue weighted by Gasteiger charge is 2.25. The van der Waals surface area contributed by atoms with Gasteiger partial charge in [0.2, 0.25) is 11.8 Å². The first kappa shape index (κ1) is 21.4. The molecule has 4 N–H and O–H groups in total. The first-order valence-electron chi connectivity index (χ1n) is 9.88. The molecule has 1 aliphatic rings. The number of nitrogens with one attached hydrogen (secondary N) is 2. The minimum absolute atomic E-state index is 0.0908. The summed E-state index contributed by atoms with van der Waals surface area (Å²) in [5.74, 6) is 0.0659. The summed E-state index contributed by atoms with van der Waals surface area (Å²) in [7, 11) is 1.29. The maximum absolute atomic E-state index is 12.3. The summed E-state index contributed by atoms with van der Waals surface area (Å²) in [6.45, 7) is 0.559. The Morgan fingerprint density at radius 1 is 1.30 bits per heavy atom. The molecule has 0 spiro atoms. The number of nitro groups is 1. The van der Waals surface area contributed by atoms with Gasteiger partial charge in [-0.2, -0.15) is 4.98 Å². The van der Waals surface area contributed by atoms with E-state index >= 15 is 0 Å². The van der Waals surface area contributed by atoms with E-state index in [-0.39, 0.29) is 23.5 Å². The van der Waals surface area contributed by atoms with E-state index in [1.165, 1.54) is 7.11 Å². The van der Waals surface area contributed by atoms with Crippen LogP contribution < -0.4 is 16.4 Å². The number of carbonyl (C=O) groups excluding carboxylic acids is 1. The van der Waals surface area contributed by atoms with E-state index in [0.717, 1.165) is 31.9 Å². The minimum Gasteiger partial charge on any atom is -0.467 e. The van der Waals surface area contributed by atoms with Crippen LogP contribution in [0.5, 0.6) is 0 Å². The van der Waals surface area contributed by atoms with Crippen molar-refractivity contribution in [1.82, 2.24) is 9.97 Å². The van der Waals surface area contributed by atoms with Crippen LogP contribution in [0.3, 0.4) is 0 Å². The Morgan fingerprint density at radius 2 is 2.00 bits per heavy atom. The lowest BCUT2D eigenvalue weighted by molar-refractivity contribution is -0.384. The highest BCUT2D eigenvalue weighted by molar-refractivity contribution is 5.80. The van der Waals surface area contributed by atoms with Crippen LogP contribution in [0.1, 0.15) is 37.3 Å². The zero-order chi connectivity index (χ0) is 21.5. The highest BCUT2D eigenvalue weighted by atomic mass is 16.6. The first-order chi connectivity index (χ1) is 14.5. The first-order valence-corrected chi connectivity index (χ1v) is 9.88. The predicted molar refractivity (Wildman–Crippen MR) is 112 cm³/mol. The van der Waals surface area contributed by atoms with Gasteiger partial charge >= 0.3 is 11.7 Å². The molecule has 0 unspecified atom stereocenters. The topological polar surface area (TPSA) is 145 Å². The standard InChI is InChI=1S/C20H26N6O4/c1-30-19(27)17(14-5-3-2-4-6-14)24-20-23-12-16(26(28)29)18(25-20)22-11-13-7-9-15(21)10-8-13/h2-6,12-13,15,17H,7-11,21H2,1H3,(H2,22,23,24,25)/t13-,15-,17-/m1/s1. The molecule has 1 fully saturated rings. The summed E-state index contributed by atoms with van der Waals surface area (Å²) < 4.78 is 4.88.